The van der Waals surface area contributed by atoms with Gasteiger partial charge in [-0.2, -0.15) is 0 Å². The topological polar surface area (TPSA) is 63.5 Å². The molecule has 1 saturated heterocycles. The van der Waals surface area contributed by atoms with Crippen molar-refractivity contribution >= 4 is 5.91 Å². The predicted molar refractivity (Wildman–Crippen MR) is 98.8 cm³/mol. The van der Waals surface area contributed by atoms with E-state index in [2.05, 4.69) is 20.9 Å². The van der Waals surface area contributed by atoms with Crippen LogP contribution in [0.1, 0.15) is 24.7 Å². The number of hydrogen-bond donors (Lipinski definition) is 0. The molecule has 0 atom stereocenters. The minimum absolute atomic E-state index is 0.163. The van der Waals surface area contributed by atoms with Crippen molar-refractivity contribution in [3.8, 4) is 5.88 Å². The van der Waals surface area contributed by atoms with Crippen LogP contribution in [0.3, 0.4) is 0 Å². The standard InChI is InChI=1S/C19H27N5O2/c1-3-26-18-6-5-17(13-21-18)14-22-8-4-9-23(12-11-22)19(25)15-24-10-7-20-16(24)2/h5-7,10,13H,3-4,8-9,11-12,14-15H2,1-2H3. The van der Waals surface area contributed by atoms with Gasteiger partial charge in [-0.3, -0.25) is 9.69 Å². The lowest BCUT2D eigenvalue weighted by Crippen LogP contribution is -2.37. The number of ether oxygens (including phenoxy) is 1. The SMILES string of the molecule is CCOc1ccc(CN2CCCN(C(=O)Cn3ccnc3C)CC2)cn1. The van der Waals surface area contributed by atoms with Crippen molar-refractivity contribution in [1.29, 1.82) is 0 Å². The van der Waals surface area contributed by atoms with Crippen LogP contribution in [0, 0.1) is 6.92 Å². The van der Waals surface area contributed by atoms with E-state index in [0.717, 1.165) is 45.0 Å². The van der Waals surface area contributed by atoms with E-state index in [9.17, 15) is 4.79 Å². The van der Waals surface area contributed by atoms with Crippen molar-refractivity contribution in [1.82, 2.24) is 24.3 Å². The minimum Gasteiger partial charge on any atom is -0.478 e. The smallest absolute Gasteiger partial charge is 0.242 e. The molecule has 1 fully saturated rings. The van der Waals surface area contributed by atoms with Crippen LogP contribution in [0.5, 0.6) is 5.88 Å². The average molecular weight is 357 g/mol. The van der Waals surface area contributed by atoms with Crippen LogP contribution in [0.15, 0.2) is 30.7 Å². The second-order valence-corrected chi connectivity index (χ2v) is 6.55. The molecule has 2 aromatic heterocycles. The van der Waals surface area contributed by atoms with Crippen molar-refractivity contribution in [3.63, 3.8) is 0 Å². The fraction of sp³-hybridized carbons (Fsp3) is 0.526. The molecule has 0 bridgehead atoms. The number of imidazole rings is 1. The Balaban J connectivity index is 1.51. The molecule has 0 aliphatic carbocycles. The van der Waals surface area contributed by atoms with Gasteiger partial charge in [0.2, 0.25) is 11.8 Å². The van der Waals surface area contributed by atoms with Crippen LogP contribution in [-0.2, 0) is 17.9 Å². The molecule has 0 aromatic carbocycles. The number of pyridine rings is 1. The summed E-state index contributed by atoms with van der Waals surface area (Å²) in [7, 11) is 0. The molecular formula is C19H27N5O2. The lowest BCUT2D eigenvalue weighted by Gasteiger charge is -2.22. The molecule has 0 spiro atoms. The normalized spacial score (nSPS) is 15.7. The number of aromatic nitrogens is 3. The van der Waals surface area contributed by atoms with Crippen molar-refractivity contribution in [2.75, 3.05) is 32.8 Å². The van der Waals surface area contributed by atoms with Crippen molar-refractivity contribution in [2.24, 2.45) is 0 Å². The first-order valence-electron chi connectivity index (χ1n) is 9.21. The van der Waals surface area contributed by atoms with Gasteiger partial charge in [-0.05, 0) is 25.8 Å². The van der Waals surface area contributed by atoms with E-state index < -0.39 is 0 Å². The molecule has 3 rings (SSSR count). The Morgan fingerprint density at radius 3 is 2.77 bits per heavy atom. The van der Waals surface area contributed by atoms with Crippen LogP contribution in [0.2, 0.25) is 0 Å². The molecule has 26 heavy (non-hydrogen) atoms. The third-order valence-electron chi connectivity index (χ3n) is 4.67. The molecule has 0 saturated carbocycles. The monoisotopic (exact) mass is 357 g/mol. The summed E-state index contributed by atoms with van der Waals surface area (Å²) in [6.07, 6.45) is 6.45. The Hall–Kier alpha value is -2.41. The molecule has 7 heteroatoms. The lowest BCUT2D eigenvalue weighted by atomic mass is 10.2. The maximum atomic E-state index is 12.6. The third kappa shape index (κ3) is 4.82. The first-order chi connectivity index (χ1) is 12.7. The van der Waals surface area contributed by atoms with Crippen molar-refractivity contribution in [3.05, 3.63) is 42.1 Å². The number of amides is 1. The second kappa shape index (κ2) is 8.80. The summed E-state index contributed by atoms with van der Waals surface area (Å²) in [4.78, 5) is 25.4. The Morgan fingerprint density at radius 1 is 1.19 bits per heavy atom. The summed E-state index contributed by atoms with van der Waals surface area (Å²) in [5.41, 5.74) is 1.17. The Labute approximate surface area is 154 Å². The van der Waals surface area contributed by atoms with E-state index in [0.29, 0.717) is 19.0 Å². The van der Waals surface area contributed by atoms with Gasteiger partial charge in [-0.15, -0.1) is 0 Å². The average Bonchev–Trinajstić information content (AvgIpc) is 2.90. The molecule has 2 aromatic rings. The largest absolute Gasteiger partial charge is 0.478 e. The zero-order valence-electron chi connectivity index (χ0n) is 15.6. The number of rotatable bonds is 6. The zero-order valence-corrected chi connectivity index (χ0v) is 15.6. The van der Waals surface area contributed by atoms with Gasteiger partial charge < -0.3 is 14.2 Å². The summed E-state index contributed by atoms with van der Waals surface area (Å²) in [6, 6.07) is 3.98. The molecule has 7 nitrogen and oxygen atoms in total. The Kier molecular flexibility index (Phi) is 6.22. The van der Waals surface area contributed by atoms with Crippen LogP contribution in [-0.4, -0.2) is 63.0 Å². The fourth-order valence-corrected chi connectivity index (χ4v) is 3.19. The van der Waals surface area contributed by atoms with E-state index in [1.165, 1.54) is 5.56 Å². The van der Waals surface area contributed by atoms with Gasteiger partial charge in [-0.25, -0.2) is 9.97 Å². The number of hydrogen-bond acceptors (Lipinski definition) is 5. The van der Waals surface area contributed by atoms with Crippen LogP contribution >= 0.6 is 0 Å². The van der Waals surface area contributed by atoms with Crippen LogP contribution in [0.25, 0.3) is 0 Å². The van der Waals surface area contributed by atoms with Crippen molar-refractivity contribution < 1.29 is 9.53 Å². The van der Waals surface area contributed by atoms with Gasteiger partial charge >= 0.3 is 0 Å². The maximum Gasteiger partial charge on any atom is 0.242 e. The molecular weight excluding hydrogens is 330 g/mol. The number of carbonyl (C=O) groups excluding carboxylic acids is 1. The Morgan fingerprint density at radius 2 is 2.08 bits per heavy atom. The summed E-state index contributed by atoms with van der Waals surface area (Å²) in [5, 5.41) is 0. The first-order valence-corrected chi connectivity index (χ1v) is 9.21. The highest BCUT2D eigenvalue weighted by molar-refractivity contribution is 5.76. The number of aryl methyl sites for hydroxylation is 1. The van der Waals surface area contributed by atoms with Gasteiger partial charge in [0.05, 0.1) is 6.61 Å². The van der Waals surface area contributed by atoms with Crippen LogP contribution < -0.4 is 4.74 Å². The highest BCUT2D eigenvalue weighted by Gasteiger charge is 2.19. The van der Waals surface area contributed by atoms with Gasteiger partial charge in [0.1, 0.15) is 12.4 Å². The van der Waals surface area contributed by atoms with Gasteiger partial charge in [-0.1, -0.05) is 6.07 Å². The number of carbonyl (C=O) groups is 1. The quantitative estimate of drug-likeness (QED) is 0.788. The first kappa shape index (κ1) is 18.4. The maximum absolute atomic E-state index is 12.6. The minimum atomic E-state index is 0.163. The summed E-state index contributed by atoms with van der Waals surface area (Å²) >= 11 is 0. The van der Waals surface area contributed by atoms with E-state index in [-0.39, 0.29) is 5.91 Å². The van der Waals surface area contributed by atoms with E-state index in [1.807, 2.05) is 41.8 Å². The molecule has 0 unspecified atom stereocenters. The van der Waals surface area contributed by atoms with E-state index in [4.69, 9.17) is 4.74 Å². The van der Waals surface area contributed by atoms with Crippen LogP contribution in [0.4, 0.5) is 0 Å². The van der Waals surface area contributed by atoms with Crippen molar-refractivity contribution in [2.45, 2.75) is 33.4 Å². The molecule has 140 valence electrons. The summed E-state index contributed by atoms with van der Waals surface area (Å²) in [6.45, 7) is 9.15. The fourth-order valence-electron chi connectivity index (χ4n) is 3.19. The van der Waals surface area contributed by atoms with Gasteiger partial charge in [0, 0.05) is 57.4 Å². The van der Waals surface area contributed by atoms with E-state index >= 15 is 0 Å². The highest BCUT2D eigenvalue weighted by atomic mass is 16.5. The molecule has 1 aliphatic heterocycles. The molecule has 3 heterocycles. The molecule has 1 amide bonds. The van der Waals surface area contributed by atoms with Gasteiger partial charge in [0.25, 0.3) is 0 Å². The molecule has 0 radical (unpaired) electrons. The zero-order chi connectivity index (χ0) is 18.4. The Bertz CT molecular complexity index is 713. The van der Waals surface area contributed by atoms with E-state index in [1.54, 1.807) is 6.20 Å². The highest BCUT2D eigenvalue weighted by Crippen LogP contribution is 2.12. The summed E-state index contributed by atoms with van der Waals surface area (Å²) < 4.78 is 7.29. The predicted octanol–water partition coefficient (Wildman–Crippen LogP) is 1.72. The second-order valence-electron chi connectivity index (χ2n) is 6.55. The summed E-state index contributed by atoms with van der Waals surface area (Å²) in [5.74, 6) is 1.70. The number of nitrogens with zero attached hydrogens (tertiary/aromatic N) is 5. The van der Waals surface area contributed by atoms with Gasteiger partial charge in [0.15, 0.2) is 0 Å². The lowest BCUT2D eigenvalue weighted by molar-refractivity contribution is -0.131. The molecule has 0 N–H and O–H groups in total. The molecule has 1 aliphatic rings. The third-order valence-corrected chi connectivity index (χ3v) is 4.67.